The summed E-state index contributed by atoms with van der Waals surface area (Å²) in [6, 6.07) is 46.1. The highest BCUT2D eigenvalue weighted by Crippen LogP contribution is 2.44. The zero-order chi connectivity index (χ0) is 35.7. The lowest BCUT2D eigenvalue weighted by atomic mass is 9.89. The van der Waals surface area contributed by atoms with E-state index in [9.17, 15) is 0 Å². The topological polar surface area (TPSA) is 44.1 Å². The summed E-state index contributed by atoms with van der Waals surface area (Å²) in [6.45, 7) is 5.68. The maximum atomic E-state index is 15.1. The standard InChI is InChI=1S/C48H48N2O2/c1-3-5-7-21-31-50-46(38-29-19-12-20-30-38)44(36-25-15-10-16-26-36)40-33-41-39(34-42(40)48(50)51)43(35-23-13-9-14-24-35)45(37-27-17-11-18-28-37)49-47(41)52-32-22-8-6-4-2/h9-20,23-30,33-34H,3-8,21-22,31-32H2,1-2H3. The number of unbranched alkanes of at least 4 members (excludes halogenated alkanes) is 6. The smallest absolute Gasteiger partial charge is 0.258 e. The van der Waals surface area contributed by atoms with E-state index in [0.717, 1.165) is 99.5 Å². The number of fused-ring (bicyclic) bond motifs is 2. The molecule has 7 aromatic rings. The lowest BCUT2D eigenvalue weighted by Gasteiger charge is -2.22. The minimum atomic E-state index is 0.0334. The summed E-state index contributed by atoms with van der Waals surface area (Å²) < 4.78 is 8.71. The van der Waals surface area contributed by atoms with Crippen LogP contribution in [0.2, 0.25) is 0 Å². The van der Waals surface area contributed by atoms with Gasteiger partial charge in [-0.1, -0.05) is 174 Å². The SMILES string of the molecule is CCCCCCOc1nc(-c2ccccc2)c(-c2ccccc2)c2cc3c(=O)n(CCCCCC)c(-c4ccccc4)c(-c4ccccc4)c3cc12. The van der Waals surface area contributed by atoms with Crippen LogP contribution >= 0.6 is 0 Å². The predicted molar refractivity (Wildman–Crippen MR) is 219 cm³/mol. The molecular formula is C48H48N2O2. The Morgan fingerprint density at radius 3 is 1.62 bits per heavy atom. The van der Waals surface area contributed by atoms with Crippen molar-refractivity contribution in [1.82, 2.24) is 9.55 Å². The van der Waals surface area contributed by atoms with Crippen molar-refractivity contribution in [1.29, 1.82) is 0 Å². The molecule has 0 bridgehead atoms. The average Bonchev–Trinajstić information content (AvgIpc) is 3.20. The maximum absolute atomic E-state index is 15.1. The molecule has 0 unspecified atom stereocenters. The molecule has 0 radical (unpaired) electrons. The van der Waals surface area contributed by atoms with E-state index in [1.54, 1.807) is 0 Å². The molecule has 52 heavy (non-hydrogen) atoms. The monoisotopic (exact) mass is 684 g/mol. The second-order valence-electron chi connectivity index (χ2n) is 13.7. The molecule has 262 valence electrons. The molecule has 0 aliphatic carbocycles. The van der Waals surface area contributed by atoms with Gasteiger partial charge in [-0.15, -0.1) is 0 Å². The number of nitrogens with zero attached hydrogens (tertiary/aromatic N) is 2. The first-order valence-electron chi connectivity index (χ1n) is 19.1. The van der Waals surface area contributed by atoms with Gasteiger partial charge in [-0.2, -0.15) is 0 Å². The van der Waals surface area contributed by atoms with Crippen molar-refractivity contribution in [3.8, 4) is 50.6 Å². The summed E-state index contributed by atoms with van der Waals surface area (Å²) in [5, 5.41) is 3.50. The van der Waals surface area contributed by atoms with E-state index in [1.807, 2.05) is 22.8 Å². The minimum absolute atomic E-state index is 0.0334. The van der Waals surface area contributed by atoms with Crippen LogP contribution in [0.4, 0.5) is 0 Å². The second kappa shape index (κ2) is 16.7. The first-order chi connectivity index (χ1) is 25.7. The number of hydrogen-bond donors (Lipinski definition) is 0. The Morgan fingerprint density at radius 2 is 1.02 bits per heavy atom. The van der Waals surface area contributed by atoms with Crippen molar-refractivity contribution in [2.45, 2.75) is 71.8 Å². The molecule has 0 aliphatic heterocycles. The fraction of sp³-hybridized carbons (Fsp3) is 0.250. The van der Waals surface area contributed by atoms with Gasteiger partial charge in [0.2, 0.25) is 5.88 Å². The van der Waals surface area contributed by atoms with Crippen LogP contribution in [0, 0.1) is 0 Å². The number of ether oxygens (including phenoxy) is 1. The Bertz CT molecular complexity index is 2300. The molecule has 0 saturated carbocycles. The molecular weight excluding hydrogens is 637 g/mol. The molecule has 4 nitrogen and oxygen atoms in total. The largest absolute Gasteiger partial charge is 0.477 e. The Labute approximate surface area is 307 Å². The Kier molecular flexibility index (Phi) is 11.2. The van der Waals surface area contributed by atoms with Gasteiger partial charge >= 0.3 is 0 Å². The first kappa shape index (κ1) is 34.9. The molecule has 2 heterocycles. The fourth-order valence-electron chi connectivity index (χ4n) is 7.43. The highest BCUT2D eigenvalue weighted by atomic mass is 16.5. The van der Waals surface area contributed by atoms with E-state index in [-0.39, 0.29) is 5.56 Å². The molecule has 0 amide bonds. The predicted octanol–water partition coefficient (Wildman–Crippen LogP) is 12.8. The average molecular weight is 685 g/mol. The summed E-state index contributed by atoms with van der Waals surface area (Å²) >= 11 is 0. The number of benzene rings is 5. The second-order valence-corrected chi connectivity index (χ2v) is 13.7. The first-order valence-corrected chi connectivity index (χ1v) is 19.1. The highest BCUT2D eigenvalue weighted by Gasteiger charge is 2.24. The van der Waals surface area contributed by atoms with Gasteiger partial charge in [-0.25, -0.2) is 4.98 Å². The van der Waals surface area contributed by atoms with E-state index >= 15 is 4.79 Å². The lowest BCUT2D eigenvalue weighted by molar-refractivity contribution is 0.298. The third-order valence-corrected chi connectivity index (χ3v) is 10.1. The minimum Gasteiger partial charge on any atom is -0.477 e. The molecule has 0 saturated heterocycles. The number of rotatable bonds is 15. The van der Waals surface area contributed by atoms with Crippen LogP contribution in [0.1, 0.15) is 65.2 Å². The summed E-state index contributed by atoms with van der Waals surface area (Å²) in [5.74, 6) is 0.607. The molecule has 7 rings (SSSR count). The molecule has 2 aromatic heterocycles. The lowest BCUT2D eigenvalue weighted by Crippen LogP contribution is -2.23. The molecule has 0 aliphatic rings. The van der Waals surface area contributed by atoms with E-state index in [2.05, 4.69) is 129 Å². The van der Waals surface area contributed by atoms with Gasteiger partial charge in [0.05, 0.1) is 18.0 Å². The summed E-state index contributed by atoms with van der Waals surface area (Å²) in [5.41, 5.74) is 8.08. The van der Waals surface area contributed by atoms with Gasteiger partial charge in [0, 0.05) is 34.0 Å². The van der Waals surface area contributed by atoms with E-state index in [4.69, 9.17) is 9.72 Å². The molecule has 0 atom stereocenters. The van der Waals surface area contributed by atoms with Gasteiger partial charge in [-0.05, 0) is 52.4 Å². The van der Waals surface area contributed by atoms with Crippen LogP contribution in [0.15, 0.2) is 138 Å². The Morgan fingerprint density at radius 1 is 0.519 bits per heavy atom. The number of hydrogen-bond acceptors (Lipinski definition) is 3. The molecule has 0 fully saturated rings. The molecule has 0 N–H and O–H groups in total. The summed E-state index contributed by atoms with van der Waals surface area (Å²) in [7, 11) is 0. The fourth-order valence-corrected chi connectivity index (χ4v) is 7.43. The zero-order valence-electron chi connectivity index (χ0n) is 30.5. The summed E-state index contributed by atoms with van der Waals surface area (Å²) in [4.78, 5) is 20.4. The quantitative estimate of drug-likeness (QED) is 0.0797. The normalized spacial score (nSPS) is 11.3. The van der Waals surface area contributed by atoms with Gasteiger partial charge in [-0.3, -0.25) is 4.79 Å². The van der Waals surface area contributed by atoms with Crippen molar-refractivity contribution in [3.63, 3.8) is 0 Å². The maximum Gasteiger partial charge on any atom is 0.258 e. The van der Waals surface area contributed by atoms with Gasteiger partial charge in [0.25, 0.3) is 5.56 Å². The van der Waals surface area contributed by atoms with Crippen molar-refractivity contribution in [2.75, 3.05) is 6.61 Å². The zero-order valence-corrected chi connectivity index (χ0v) is 30.5. The molecule has 0 spiro atoms. The number of aromatic nitrogens is 2. The highest BCUT2D eigenvalue weighted by molar-refractivity contribution is 6.14. The molecule has 4 heteroatoms. The van der Waals surface area contributed by atoms with E-state index in [1.165, 1.54) is 12.8 Å². The van der Waals surface area contributed by atoms with Crippen molar-refractivity contribution in [2.24, 2.45) is 0 Å². The van der Waals surface area contributed by atoms with Crippen LogP contribution in [-0.4, -0.2) is 16.2 Å². The Balaban J connectivity index is 1.60. The van der Waals surface area contributed by atoms with Crippen LogP contribution in [0.3, 0.4) is 0 Å². The van der Waals surface area contributed by atoms with Crippen LogP contribution in [0.25, 0.3) is 66.3 Å². The Hall–Kier alpha value is -5.48. The van der Waals surface area contributed by atoms with E-state index < -0.39 is 0 Å². The molecule has 5 aromatic carbocycles. The summed E-state index contributed by atoms with van der Waals surface area (Å²) in [6.07, 6.45) is 8.73. The van der Waals surface area contributed by atoms with Gasteiger partial charge < -0.3 is 9.30 Å². The number of pyridine rings is 2. The van der Waals surface area contributed by atoms with Crippen LogP contribution < -0.4 is 10.3 Å². The van der Waals surface area contributed by atoms with Crippen molar-refractivity contribution in [3.05, 3.63) is 144 Å². The third-order valence-electron chi connectivity index (χ3n) is 10.1. The van der Waals surface area contributed by atoms with Crippen molar-refractivity contribution >= 4 is 21.5 Å². The van der Waals surface area contributed by atoms with Gasteiger partial charge in [0.15, 0.2) is 0 Å². The van der Waals surface area contributed by atoms with Gasteiger partial charge in [0.1, 0.15) is 0 Å². The third kappa shape index (κ3) is 7.29. The van der Waals surface area contributed by atoms with E-state index in [0.29, 0.717) is 24.4 Å². The van der Waals surface area contributed by atoms with Crippen LogP contribution in [0.5, 0.6) is 5.88 Å². The van der Waals surface area contributed by atoms with Crippen molar-refractivity contribution < 1.29 is 4.74 Å². The van der Waals surface area contributed by atoms with Crippen LogP contribution in [-0.2, 0) is 6.54 Å².